The minimum Gasteiger partial charge on any atom is -0.347 e. The Morgan fingerprint density at radius 2 is 1.94 bits per heavy atom. The van der Waals surface area contributed by atoms with Crippen molar-refractivity contribution in [2.75, 3.05) is 0 Å². The zero-order chi connectivity index (χ0) is 24.6. The number of nitrogens with zero attached hydrogens (tertiary/aromatic N) is 4. The quantitative estimate of drug-likeness (QED) is 0.375. The second kappa shape index (κ2) is 9.20. The Labute approximate surface area is 212 Å². The first-order valence-electron chi connectivity index (χ1n) is 12.0. The first-order chi connectivity index (χ1) is 17.6. The Balaban J connectivity index is 1.22. The Morgan fingerprint density at radius 3 is 2.75 bits per heavy atom. The number of hydrogen-bond donors (Lipinski definition) is 1. The van der Waals surface area contributed by atoms with Gasteiger partial charge in [-0.05, 0) is 47.2 Å². The predicted molar refractivity (Wildman–Crippen MR) is 141 cm³/mol. The number of benzene rings is 2. The number of nitrogens with one attached hydrogen (secondary N) is 1. The Hall–Kier alpha value is -4.04. The molecule has 5 aromatic rings. The van der Waals surface area contributed by atoms with Gasteiger partial charge in [0.15, 0.2) is 0 Å². The van der Waals surface area contributed by atoms with E-state index in [0.29, 0.717) is 33.7 Å². The molecule has 1 amide bonds. The molecule has 0 atom stereocenters. The molecule has 3 aromatic heterocycles. The van der Waals surface area contributed by atoms with Crippen LogP contribution < -0.4 is 10.9 Å². The number of hydrogen-bond acceptors (Lipinski definition) is 5. The summed E-state index contributed by atoms with van der Waals surface area (Å²) in [6.07, 6.45) is 5.48. The molecular formula is C28H25N5O2S. The maximum Gasteiger partial charge on any atom is 0.262 e. The van der Waals surface area contributed by atoms with E-state index in [0.717, 1.165) is 41.9 Å². The summed E-state index contributed by atoms with van der Waals surface area (Å²) in [7, 11) is 0. The molecule has 1 aliphatic rings. The van der Waals surface area contributed by atoms with Crippen LogP contribution in [0.25, 0.3) is 21.3 Å². The lowest BCUT2D eigenvalue weighted by Crippen LogP contribution is -2.23. The van der Waals surface area contributed by atoms with Gasteiger partial charge in [0.25, 0.3) is 11.5 Å². The Bertz CT molecular complexity index is 1630. The average molecular weight is 496 g/mol. The van der Waals surface area contributed by atoms with Gasteiger partial charge in [-0.15, -0.1) is 11.3 Å². The van der Waals surface area contributed by atoms with Crippen LogP contribution in [-0.2, 0) is 26.1 Å². The largest absolute Gasteiger partial charge is 0.347 e. The number of carbonyl (C=O) groups is 1. The number of thiophene rings is 1. The molecule has 6 rings (SSSR count). The van der Waals surface area contributed by atoms with Gasteiger partial charge in [0.2, 0.25) is 0 Å². The van der Waals surface area contributed by atoms with Gasteiger partial charge in [0, 0.05) is 31.9 Å². The van der Waals surface area contributed by atoms with Crippen molar-refractivity contribution in [3.8, 4) is 11.1 Å². The topological polar surface area (TPSA) is 81.8 Å². The lowest BCUT2D eigenvalue weighted by Gasteiger charge is -2.12. The molecule has 4 heterocycles. The fraction of sp³-hybridized carbons (Fsp3) is 0.214. The molecule has 180 valence electrons. The summed E-state index contributed by atoms with van der Waals surface area (Å²) in [6.45, 7) is 3.66. The van der Waals surface area contributed by atoms with Crippen LogP contribution in [0, 0.1) is 6.92 Å². The van der Waals surface area contributed by atoms with Crippen molar-refractivity contribution in [1.29, 1.82) is 0 Å². The summed E-state index contributed by atoms with van der Waals surface area (Å²) in [6, 6.07) is 18.4. The highest BCUT2D eigenvalue weighted by Crippen LogP contribution is 2.29. The van der Waals surface area contributed by atoms with Crippen molar-refractivity contribution in [3.05, 3.63) is 105 Å². The zero-order valence-corrected chi connectivity index (χ0v) is 20.7. The maximum atomic E-state index is 13.2. The van der Waals surface area contributed by atoms with Gasteiger partial charge in [0.05, 0.1) is 16.8 Å². The third-order valence-corrected chi connectivity index (χ3v) is 7.93. The summed E-state index contributed by atoms with van der Waals surface area (Å²) in [4.78, 5) is 32.0. The Morgan fingerprint density at radius 1 is 1.11 bits per heavy atom. The van der Waals surface area contributed by atoms with Crippen molar-refractivity contribution in [2.45, 2.75) is 39.4 Å². The highest BCUT2D eigenvalue weighted by Gasteiger charge is 2.23. The first kappa shape index (κ1) is 22.4. The fourth-order valence-corrected chi connectivity index (χ4v) is 5.98. The summed E-state index contributed by atoms with van der Waals surface area (Å²) in [5.41, 5.74) is 5.06. The summed E-state index contributed by atoms with van der Waals surface area (Å²) < 4.78 is 3.65. The van der Waals surface area contributed by atoms with Crippen molar-refractivity contribution < 1.29 is 4.79 Å². The monoisotopic (exact) mass is 495 g/mol. The van der Waals surface area contributed by atoms with Gasteiger partial charge >= 0.3 is 0 Å². The molecule has 0 spiro atoms. The molecule has 0 saturated carbocycles. The lowest BCUT2D eigenvalue weighted by molar-refractivity contribution is 0.0954. The first-order valence-corrected chi connectivity index (χ1v) is 12.9. The van der Waals surface area contributed by atoms with E-state index in [1.54, 1.807) is 10.8 Å². The molecule has 1 N–H and O–H groups in total. The van der Waals surface area contributed by atoms with Gasteiger partial charge in [-0.3, -0.25) is 18.8 Å². The molecule has 36 heavy (non-hydrogen) atoms. The van der Waals surface area contributed by atoms with E-state index in [9.17, 15) is 9.59 Å². The standard InChI is InChI=1S/C28H25N5O2S/c1-18-24-27(31-23-8-4-15-33(23)28(24)35)36-25(18)26(34)29-16-21-6-2-3-7-22(21)20-11-9-19(10-12-20)17-32-14-5-13-30-32/h2-3,5-7,9-14H,4,8,15-17H2,1H3,(H,29,34). The van der Waals surface area contributed by atoms with Crippen LogP contribution in [0.4, 0.5) is 0 Å². The van der Waals surface area contributed by atoms with Gasteiger partial charge in [-0.1, -0.05) is 48.5 Å². The maximum absolute atomic E-state index is 13.2. The normalized spacial score (nSPS) is 12.7. The molecule has 1 aliphatic heterocycles. The van der Waals surface area contributed by atoms with E-state index in [2.05, 4.69) is 45.7 Å². The molecule has 0 radical (unpaired) electrons. The Kier molecular flexibility index (Phi) is 5.73. The minimum absolute atomic E-state index is 0.0263. The smallest absolute Gasteiger partial charge is 0.262 e. The van der Waals surface area contributed by atoms with Crippen molar-refractivity contribution >= 4 is 27.5 Å². The minimum atomic E-state index is -0.176. The third kappa shape index (κ3) is 4.03. The van der Waals surface area contributed by atoms with E-state index in [4.69, 9.17) is 0 Å². The van der Waals surface area contributed by atoms with Crippen molar-refractivity contribution in [1.82, 2.24) is 24.6 Å². The number of aromatic nitrogens is 4. The van der Waals surface area contributed by atoms with E-state index < -0.39 is 0 Å². The second-order valence-corrected chi connectivity index (χ2v) is 10.1. The second-order valence-electron chi connectivity index (χ2n) is 9.07. The molecule has 0 unspecified atom stereocenters. The van der Waals surface area contributed by atoms with Crippen LogP contribution in [0.15, 0.2) is 71.8 Å². The van der Waals surface area contributed by atoms with Gasteiger partial charge in [-0.2, -0.15) is 5.10 Å². The SMILES string of the molecule is Cc1c(C(=O)NCc2ccccc2-c2ccc(Cn3cccn3)cc2)sc2nc3n(c(=O)c12)CCC3. The number of rotatable bonds is 6. The van der Waals surface area contributed by atoms with E-state index in [-0.39, 0.29) is 11.5 Å². The summed E-state index contributed by atoms with van der Waals surface area (Å²) in [5, 5.41) is 7.91. The van der Waals surface area contributed by atoms with Crippen LogP contribution >= 0.6 is 11.3 Å². The molecule has 0 bridgehead atoms. The van der Waals surface area contributed by atoms with Crippen LogP contribution in [0.3, 0.4) is 0 Å². The molecule has 7 nitrogen and oxygen atoms in total. The van der Waals surface area contributed by atoms with Gasteiger partial charge in [0.1, 0.15) is 10.7 Å². The molecular weight excluding hydrogens is 470 g/mol. The van der Waals surface area contributed by atoms with Crippen LogP contribution in [-0.4, -0.2) is 25.2 Å². The number of aryl methyl sites for hydroxylation is 2. The number of carbonyl (C=O) groups excluding carboxylic acids is 1. The molecule has 0 saturated heterocycles. The highest BCUT2D eigenvalue weighted by molar-refractivity contribution is 7.20. The van der Waals surface area contributed by atoms with Gasteiger partial charge < -0.3 is 5.32 Å². The van der Waals surface area contributed by atoms with Crippen molar-refractivity contribution in [2.24, 2.45) is 0 Å². The van der Waals surface area contributed by atoms with E-state index >= 15 is 0 Å². The predicted octanol–water partition coefficient (Wildman–Crippen LogP) is 4.55. The zero-order valence-electron chi connectivity index (χ0n) is 19.9. The van der Waals surface area contributed by atoms with Crippen LogP contribution in [0.2, 0.25) is 0 Å². The highest BCUT2D eigenvalue weighted by atomic mass is 32.1. The summed E-state index contributed by atoms with van der Waals surface area (Å²) >= 11 is 1.31. The number of fused-ring (bicyclic) bond motifs is 2. The summed E-state index contributed by atoms with van der Waals surface area (Å²) in [5.74, 6) is 0.648. The lowest BCUT2D eigenvalue weighted by atomic mass is 9.98. The van der Waals surface area contributed by atoms with E-state index in [1.165, 1.54) is 16.9 Å². The molecule has 0 aliphatic carbocycles. The van der Waals surface area contributed by atoms with Crippen molar-refractivity contribution in [3.63, 3.8) is 0 Å². The average Bonchev–Trinajstić information content (AvgIpc) is 3.65. The third-order valence-electron chi connectivity index (χ3n) is 6.74. The molecule has 2 aromatic carbocycles. The van der Waals surface area contributed by atoms with Crippen LogP contribution in [0.5, 0.6) is 0 Å². The van der Waals surface area contributed by atoms with Gasteiger partial charge in [-0.25, -0.2) is 4.98 Å². The van der Waals surface area contributed by atoms with Crippen LogP contribution in [0.1, 0.15) is 38.6 Å². The fourth-order valence-electron chi connectivity index (χ4n) is 4.87. The number of amides is 1. The molecule has 0 fully saturated rings. The van der Waals surface area contributed by atoms with E-state index in [1.807, 2.05) is 42.1 Å². The molecule has 8 heteroatoms.